The SMILES string of the molecule is OB(O)c1ccc(C(F)(F)F)[nH]1. The molecule has 0 aromatic carbocycles. The molecule has 0 atom stereocenters. The van der Waals surface area contributed by atoms with Crippen molar-refractivity contribution in [1.29, 1.82) is 0 Å². The van der Waals surface area contributed by atoms with Crippen molar-refractivity contribution in [3.63, 3.8) is 0 Å². The quantitative estimate of drug-likeness (QED) is 0.519. The summed E-state index contributed by atoms with van der Waals surface area (Å²) in [5.74, 6) is 0. The first kappa shape index (κ1) is 9.15. The van der Waals surface area contributed by atoms with E-state index in [4.69, 9.17) is 10.0 Å². The van der Waals surface area contributed by atoms with Crippen LogP contribution in [0.1, 0.15) is 5.69 Å². The molecule has 7 heteroatoms. The molecule has 0 fully saturated rings. The highest BCUT2D eigenvalue weighted by Gasteiger charge is 2.33. The van der Waals surface area contributed by atoms with E-state index in [1.807, 2.05) is 4.98 Å². The Labute approximate surface area is 66.0 Å². The number of hydrogen-bond acceptors (Lipinski definition) is 2. The summed E-state index contributed by atoms with van der Waals surface area (Å²) in [6.07, 6.45) is -4.48. The Morgan fingerprint density at radius 2 is 1.83 bits per heavy atom. The second-order valence-electron chi connectivity index (χ2n) is 2.20. The highest BCUT2D eigenvalue weighted by Crippen LogP contribution is 2.26. The Kier molecular flexibility index (Phi) is 2.16. The first-order chi connectivity index (χ1) is 5.41. The molecule has 0 saturated carbocycles. The number of aromatic amines is 1. The second-order valence-corrected chi connectivity index (χ2v) is 2.20. The molecule has 12 heavy (non-hydrogen) atoms. The largest absolute Gasteiger partial charge is 0.505 e. The van der Waals surface area contributed by atoms with Crippen molar-refractivity contribution < 1.29 is 23.2 Å². The zero-order chi connectivity index (χ0) is 9.35. The van der Waals surface area contributed by atoms with Crippen LogP contribution in [0.4, 0.5) is 13.2 Å². The lowest BCUT2D eigenvalue weighted by atomic mass is 9.87. The van der Waals surface area contributed by atoms with E-state index in [0.29, 0.717) is 0 Å². The van der Waals surface area contributed by atoms with Crippen molar-refractivity contribution in [2.45, 2.75) is 6.18 Å². The maximum absolute atomic E-state index is 11.9. The maximum atomic E-state index is 11.9. The van der Waals surface area contributed by atoms with E-state index in [-0.39, 0.29) is 5.59 Å². The lowest BCUT2D eigenvalue weighted by Crippen LogP contribution is -2.31. The standard InChI is InChI=1S/C5H5BF3NO2/c7-5(8,9)3-1-2-4(10-3)6(11)12/h1-2,10-12H. The minimum absolute atomic E-state index is 0.276. The molecule has 0 radical (unpaired) electrons. The van der Waals surface area contributed by atoms with E-state index in [1.54, 1.807) is 0 Å². The Morgan fingerprint density at radius 3 is 2.08 bits per heavy atom. The summed E-state index contributed by atoms with van der Waals surface area (Å²) < 4.78 is 35.6. The molecule has 1 heterocycles. The number of alkyl halides is 3. The number of rotatable bonds is 1. The summed E-state index contributed by atoms with van der Waals surface area (Å²) in [7, 11) is -1.90. The van der Waals surface area contributed by atoms with Crippen LogP contribution in [0.25, 0.3) is 0 Å². The fourth-order valence-electron chi connectivity index (χ4n) is 0.728. The first-order valence-corrected chi connectivity index (χ1v) is 3.03. The molecule has 3 N–H and O–H groups in total. The van der Waals surface area contributed by atoms with Crippen LogP contribution in [0.5, 0.6) is 0 Å². The van der Waals surface area contributed by atoms with Gasteiger partial charge < -0.3 is 15.0 Å². The third-order valence-corrected chi connectivity index (χ3v) is 1.29. The molecule has 1 aromatic rings. The van der Waals surface area contributed by atoms with Gasteiger partial charge in [0.25, 0.3) is 0 Å². The molecule has 0 unspecified atom stereocenters. The van der Waals surface area contributed by atoms with Crippen molar-refractivity contribution in [2.24, 2.45) is 0 Å². The molecular weight excluding hydrogens is 174 g/mol. The van der Waals surface area contributed by atoms with Crippen molar-refractivity contribution >= 4 is 12.7 Å². The normalized spacial score (nSPS) is 11.8. The van der Waals surface area contributed by atoms with Crippen molar-refractivity contribution in [3.05, 3.63) is 17.8 Å². The third-order valence-electron chi connectivity index (χ3n) is 1.29. The molecule has 0 aliphatic rings. The van der Waals surface area contributed by atoms with Gasteiger partial charge in [-0.3, -0.25) is 0 Å². The summed E-state index contributed by atoms with van der Waals surface area (Å²) >= 11 is 0. The Balaban J connectivity index is 2.92. The van der Waals surface area contributed by atoms with Crippen molar-refractivity contribution in [2.75, 3.05) is 0 Å². The van der Waals surface area contributed by atoms with Crippen LogP contribution >= 0.6 is 0 Å². The molecule has 0 aliphatic heterocycles. The Hall–Kier alpha value is -0.945. The summed E-state index contributed by atoms with van der Waals surface area (Å²) in [5, 5.41) is 16.9. The molecule has 3 nitrogen and oxygen atoms in total. The fourth-order valence-corrected chi connectivity index (χ4v) is 0.728. The predicted molar refractivity (Wildman–Crippen MR) is 35.6 cm³/mol. The van der Waals surface area contributed by atoms with Gasteiger partial charge in [-0.25, -0.2) is 0 Å². The molecule has 1 rings (SSSR count). The number of hydrogen-bond donors (Lipinski definition) is 3. The molecule has 0 saturated heterocycles. The van der Waals surface area contributed by atoms with Crippen LogP contribution < -0.4 is 5.59 Å². The molecule has 66 valence electrons. The van der Waals surface area contributed by atoms with Crippen LogP contribution in [0, 0.1) is 0 Å². The van der Waals surface area contributed by atoms with Crippen LogP contribution in [0.3, 0.4) is 0 Å². The van der Waals surface area contributed by atoms with E-state index in [1.165, 1.54) is 0 Å². The van der Waals surface area contributed by atoms with Gasteiger partial charge in [0.05, 0.1) is 0 Å². The summed E-state index contributed by atoms with van der Waals surface area (Å²) in [6.45, 7) is 0. The fraction of sp³-hybridized carbons (Fsp3) is 0.200. The molecule has 0 spiro atoms. The number of nitrogens with one attached hydrogen (secondary N) is 1. The molecule has 1 aromatic heterocycles. The van der Waals surface area contributed by atoms with Crippen molar-refractivity contribution in [3.8, 4) is 0 Å². The van der Waals surface area contributed by atoms with Crippen LogP contribution in [0.15, 0.2) is 12.1 Å². The highest BCUT2D eigenvalue weighted by molar-refractivity contribution is 6.57. The minimum Gasteiger partial charge on any atom is -0.422 e. The van der Waals surface area contributed by atoms with Crippen LogP contribution in [-0.2, 0) is 6.18 Å². The number of halogens is 3. The second kappa shape index (κ2) is 2.83. The maximum Gasteiger partial charge on any atom is 0.505 e. The summed E-state index contributed by atoms with van der Waals surface area (Å²) in [4.78, 5) is 1.83. The zero-order valence-corrected chi connectivity index (χ0v) is 5.76. The predicted octanol–water partition coefficient (Wildman–Crippen LogP) is -0.287. The Bertz CT molecular complexity index is 270. The van der Waals surface area contributed by atoms with Gasteiger partial charge in [-0.2, -0.15) is 13.2 Å². The van der Waals surface area contributed by atoms with E-state index in [2.05, 4.69) is 0 Å². The lowest BCUT2D eigenvalue weighted by Gasteiger charge is -2.01. The van der Waals surface area contributed by atoms with E-state index >= 15 is 0 Å². The minimum atomic E-state index is -4.48. The highest BCUT2D eigenvalue weighted by atomic mass is 19.4. The molecule has 0 aliphatic carbocycles. The average Bonchev–Trinajstić information content (AvgIpc) is 2.30. The monoisotopic (exact) mass is 179 g/mol. The summed E-state index contributed by atoms with van der Waals surface area (Å²) in [6, 6.07) is 1.71. The van der Waals surface area contributed by atoms with Gasteiger partial charge in [0, 0.05) is 5.59 Å². The van der Waals surface area contributed by atoms with Crippen molar-refractivity contribution in [1.82, 2.24) is 4.98 Å². The topological polar surface area (TPSA) is 56.2 Å². The van der Waals surface area contributed by atoms with Crippen LogP contribution in [-0.4, -0.2) is 22.2 Å². The average molecular weight is 179 g/mol. The third kappa shape index (κ3) is 1.80. The first-order valence-electron chi connectivity index (χ1n) is 3.03. The smallest absolute Gasteiger partial charge is 0.422 e. The van der Waals surface area contributed by atoms with E-state index < -0.39 is 19.0 Å². The van der Waals surface area contributed by atoms with Gasteiger partial charge in [-0.05, 0) is 12.1 Å². The van der Waals surface area contributed by atoms with Gasteiger partial charge in [0.1, 0.15) is 5.69 Å². The lowest BCUT2D eigenvalue weighted by molar-refractivity contribution is -0.140. The molecule has 0 bridgehead atoms. The van der Waals surface area contributed by atoms with E-state index in [0.717, 1.165) is 12.1 Å². The molecular formula is C5H5BF3NO2. The van der Waals surface area contributed by atoms with Gasteiger partial charge in [0.2, 0.25) is 0 Å². The van der Waals surface area contributed by atoms with Gasteiger partial charge in [-0.15, -0.1) is 0 Å². The van der Waals surface area contributed by atoms with Gasteiger partial charge in [-0.1, -0.05) is 0 Å². The summed E-state index contributed by atoms with van der Waals surface area (Å²) in [5.41, 5.74) is -1.27. The number of H-pyrrole nitrogens is 1. The van der Waals surface area contributed by atoms with Gasteiger partial charge in [0.15, 0.2) is 0 Å². The number of aromatic nitrogens is 1. The molecule has 0 amide bonds. The van der Waals surface area contributed by atoms with Crippen LogP contribution in [0.2, 0.25) is 0 Å². The van der Waals surface area contributed by atoms with Gasteiger partial charge >= 0.3 is 13.3 Å². The zero-order valence-electron chi connectivity index (χ0n) is 5.76. The Morgan fingerprint density at radius 1 is 1.25 bits per heavy atom. The van der Waals surface area contributed by atoms with E-state index in [9.17, 15) is 13.2 Å².